The van der Waals surface area contributed by atoms with Crippen molar-refractivity contribution in [2.45, 2.75) is 13.5 Å². The summed E-state index contributed by atoms with van der Waals surface area (Å²) >= 11 is 0. The molecule has 0 unspecified atom stereocenters. The van der Waals surface area contributed by atoms with E-state index in [1.54, 1.807) is 0 Å². The fraction of sp³-hybridized carbons (Fsp3) is 0.500. The molecule has 0 aliphatic rings. The number of anilines is 1. The number of aromatic nitrogens is 2. The van der Waals surface area contributed by atoms with Gasteiger partial charge in [0.1, 0.15) is 0 Å². The van der Waals surface area contributed by atoms with Gasteiger partial charge in [-0.15, -0.1) is 0 Å². The topological polar surface area (TPSA) is 34.8 Å². The fourth-order valence-electron chi connectivity index (χ4n) is 0.803. The number of nitrogens with two attached hydrogens (primary N) is 1. The first-order valence-corrected chi connectivity index (χ1v) is 3.06. The summed E-state index contributed by atoms with van der Waals surface area (Å²) in [6.07, 6.45) is 3.91. The predicted molar refractivity (Wildman–Crippen MR) is 35.7 cm³/mol. The average Bonchev–Trinajstić information content (AvgIpc) is 2.15. The predicted octanol–water partition coefficient (Wildman–Crippen LogP) is -0.0853. The minimum Gasteiger partial charge on any atom is -0.290 e. The van der Waals surface area contributed by atoms with Crippen molar-refractivity contribution in [2.24, 2.45) is 7.05 Å². The van der Waals surface area contributed by atoms with Gasteiger partial charge in [-0.2, -0.15) is 0 Å². The summed E-state index contributed by atoms with van der Waals surface area (Å²) in [5, 5.41) is 0. The third-order valence-electron chi connectivity index (χ3n) is 1.47. The van der Waals surface area contributed by atoms with Crippen molar-refractivity contribution in [2.75, 3.05) is 5.73 Å². The summed E-state index contributed by atoms with van der Waals surface area (Å²) < 4.78 is 3.88. The van der Waals surface area contributed by atoms with Crippen LogP contribution in [0.15, 0.2) is 12.4 Å². The monoisotopic (exact) mass is 126 g/mol. The fourth-order valence-corrected chi connectivity index (χ4v) is 0.803. The number of hydrogen-bond acceptors (Lipinski definition) is 1. The Morgan fingerprint density at radius 3 is 2.67 bits per heavy atom. The number of nitrogen functional groups attached to an aromatic ring is 1. The zero-order chi connectivity index (χ0) is 6.85. The molecule has 50 valence electrons. The smallest absolute Gasteiger partial charge is 0.290 e. The van der Waals surface area contributed by atoms with E-state index in [2.05, 4.69) is 6.92 Å². The Balaban J connectivity index is 3.04. The summed E-state index contributed by atoms with van der Waals surface area (Å²) in [6, 6.07) is 0. The van der Waals surface area contributed by atoms with Gasteiger partial charge in [-0.3, -0.25) is 5.73 Å². The normalized spacial score (nSPS) is 10.0. The van der Waals surface area contributed by atoms with Crippen molar-refractivity contribution < 1.29 is 4.57 Å². The first-order chi connectivity index (χ1) is 4.25. The Morgan fingerprint density at radius 1 is 1.78 bits per heavy atom. The Labute approximate surface area is 54.7 Å². The largest absolute Gasteiger partial charge is 0.354 e. The van der Waals surface area contributed by atoms with Gasteiger partial charge in [0.25, 0.3) is 0 Å². The summed E-state index contributed by atoms with van der Waals surface area (Å²) in [4.78, 5) is 0. The van der Waals surface area contributed by atoms with Crippen LogP contribution in [0.5, 0.6) is 0 Å². The van der Waals surface area contributed by atoms with Gasteiger partial charge < -0.3 is 0 Å². The quantitative estimate of drug-likeness (QED) is 0.524. The number of rotatable bonds is 1. The molecule has 9 heavy (non-hydrogen) atoms. The molecule has 1 aromatic heterocycles. The highest BCUT2D eigenvalue weighted by Crippen LogP contribution is 1.92. The van der Waals surface area contributed by atoms with Gasteiger partial charge in [0.2, 0.25) is 0 Å². The van der Waals surface area contributed by atoms with Crippen LogP contribution in [0.2, 0.25) is 0 Å². The molecular weight excluding hydrogens is 114 g/mol. The zero-order valence-electron chi connectivity index (χ0n) is 5.83. The molecule has 1 heterocycles. The van der Waals surface area contributed by atoms with E-state index in [9.17, 15) is 0 Å². The lowest BCUT2D eigenvalue weighted by Crippen LogP contribution is -2.30. The van der Waals surface area contributed by atoms with Crippen molar-refractivity contribution >= 4 is 5.95 Å². The third kappa shape index (κ3) is 0.896. The molecule has 0 saturated carbocycles. The molecule has 3 nitrogen and oxygen atoms in total. The number of imidazole rings is 1. The van der Waals surface area contributed by atoms with Crippen LogP contribution in [0.4, 0.5) is 5.95 Å². The van der Waals surface area contributed by atoms with Crippen molar-refractivity contribution in [1.29, 1.82) is 0 Å². The van der Waals surface area contributed by atoms with Gasteiger partial charge in [-0.1, -0.05) is 0 Å². The van der Waals surface area contributed by atoms with E-state index in [-0.39, 0.29) is 0 Å². The van der Waals surface area contributed by atoms with Crippen LogP contribution < -0.4 is 10.3 Å². The van der Waals surface area contributed by atoms with Gasteiger partial charge in [0.05, 0.1) is 26.0 Å². The molecular formula is C6H12N3+. The van der Waals surface area contributed by atoms with Crippen molar-refractivity contribution in [1.82, 2.24) is 4.57 Å². The first kappa shape index (κ1) is 6.13. The third-order valence-corrected chi connectivity index (χ3v) is 1.47. The van der Waals surface area contributed by atoms with Crippen molar-refractivity contribution in [3.05, 3.63) is 12.4 Å². The number of hydrogen-bond donors (Lipinski definition) is 1. The summed E-state index contributed by atoms with van der Waals surface area (Å²) in [7, 11) is 1.93. The van der Waals surface area contributed by atoms with Gasteiger partial charge >= 0.3 is 5.95 Å². The van der Waals surface area contributed by atoms with Crippen molar-refractivity contribution in [3.8, 4) is 0 Å². The SMILES string of the molecule is CCn1cc[n+](C)c1N. The second-order valence-electron chi connectivity index (χ2n) is 2.05. The Hall–Kier alpha value is -0.990. The summed E-state index contributed by atoms with van der Waals surface area (Å²) in [5.41, 5.74) is 5.64. The van der Waals surface area contributed by atoms with Crippen molar-refractivity contribution in [3.63, 3.8) is 0 Å². The summed E-state index contributed by atoms with van der Waals surface area (Å²) in [5.74, 6) is 0.803. The molecule has 3 heteroatoms. The zero-order valence-corrected chi connectivity index (χ0v) is 5.83. The second-order valence-corrected chi connectivity index (χ2v) is 2.05. The van der Waals surface area contributed by atoms with E-state index in [0.717, 1.165) is 12.5 Å². The molecule has 0 atom stereocenters. The molecule has 0 spiro atoms. The molecule has 1 aromatic rings. The van der Waals surface area contributed by atoms with Crippen LogP contribution >= 0.6 is 0 Å². The van der Waals surface area contributed by atoms with Crippen LogP contribution in [0.3, 0.4) is 0 Å². The lowest BCUT2D eigenvalue weighted by Gasteiger charge is -1.90. The van der Waals surface area contributed by atoms with Crippen LogP contribution in [0.1, 0.15) is 6.92 Å². The highest BCUT2D eigenvalue weighted by atomic mass is 15.2. The molecule has 0 aromatic carbocycles. The summed E-state index contributed by atoms with van der Waals surface area (Å²) in [6.45, 7) is 3.00. The van der Waals surface area contributed by atoms with E-state index in [0.29, 0.717) is 0 Å². The first-order valence-electron chi connectivity index (χ1n) is 3.06. The minimum atomic E-state index is 0.803. The molecule has 0 radical (unpaired) electrons. The van der Waals surface area contributed by atoms with E-state index >= 15 is 0 Å². The highest BCUT2D eigenvalue weighted by Gasteiger charge is 2.03. The molecule has 0 fully saturated rings. The maximum atomic E-state index is 5.64. The highest BCUT2D eigenvalue weighted by molar-refractivity contribution is 5.07. The van der Waals surface area contributed by atoms with Crippen LogP contribution in [0.25, 0.3) is 0 Å². The number of aryl methyl sites for hydroxylation is 2. The standard InChI is InChI=1S/C6H11N3/c1-3-9-5-4-8(2)6(9)7/h4-5,7H,3H2,1-2H3/p+1. The second kappa shape index (κ2) is 2.09. The van der Waals surface area contributed by atoms with E-state index in [1.807, 2.05) is 28.6 Å². The maximum absolute atomic E-state index is 5.64. The lowest BCUT2D eigenvalue weighted by molar-refractivity contribution is -0.656. The van der Waals surface area contributed by atoms with Gasteiger partial charge in [-0.25, -0.2) is 9.13 Å². The maximum Gasteiger partial charge on any atom is 0.354 e. The molecule has 0 aliphatic heterocycles. The van der Waals surface area contributed by atoms with Crippen LogP contribution in [-0.4, -0.2) is 4.57 Å². The van der Waals surface area contributed by atoms with Crippen LogP contribution in [0, 0.1) is 0 Å². The van der Waals surface area contributed by atoms with Gasteiger partial charge in [-0.05, 0) is 6.92 Å². The van der Waals surface area contributed by atoms with Gasteiger partial charge in [0, 0.05) is 0 Å². The molecule has 0 aliphatic carbocycles. The molecule has 2 N–H and O–H groups in total. The molecule has 0 amide bonds. The average molecular weight is 126 g/mol. The van der Waals surface area contributed by atoms with Gasteiger partial charge in [0.15, 0.2) is 0 Å². The molecule has 0 saturated heterocycles. The molecule has 0 bridgehead atoms. The van der Waals surface area contributed by atoms with E-state index in [1.165, 1.54) is 0 Å². The van der Waals surface area contributed by atoms with E-state index in [4.69, 9.17) is 5.73 Å². The Morgan fingerprint density at radius 2 is 2.44 bits per heavy atom. The molecule has 1 rings (SSSR count). The Bertz CT molecular complexity index is 202. The Kier molecular flexibility index (Phi) is 1.42. The lowest BCUT2D eigenvalue weighted by atomic mass is 10.7. The number of nitrogens with zero attached hydrogens (tertiary/aromatic N) is 2. The van der Waals surface area contributed by atoms with Crippen LogP contribution in [-0.2, 0) is 13.6 Å². The minimum absolute atomic E-state index is 0.803. The van der Waals surface area contributed by atoms with E-state index < -0.39 is 0 Å².